The molecule has 0 aromatic heterocycles. The highest BCUT2D eigenvalue weighted by atomic mass is 16.7. The van der Waals surface area contributed by atoms with Crippen LogP contribution in [0, 0.1) is 5.92 Å². The lowest BCUT2D eigenvalue weighted by atomic mass is 9.94. The summed E-state index contributed by atoms with van der Waals surface area (Å²) >= 11 is 0. The van der Waals surface area contributed by atoms with Crippen LogP contribution >= 0.6 is 0 Å². The average molecular weight is 288 g/mol. The van der Waals surface area contributed by atoms with Gasteiger partial charge in [-0.2, -0.15) is 0 Å². The molecule has 0 bridgehead atoms. The Morgan fingerprint density at radius 2 is 2.00 bits per heavy atom. The molecule has 1 atom stereocenters. The van der Waals surface area contributed by atoms with Crippen LogP contribution in [0.1, 0.15) is 18.9 Å². The van der Waals surface area contributed by atoms with Gasteiger partial charge in [-0.15, -0.1) is 0 Å². The molecule has 1 aromatic carbocycles. The van der Waals surface area contributed by atoms with Crippen molar-refractivity contribution < 1.29 is 19.0 Å². The number of hydrogen-bond donors (Lipinski definition) is 0. The summed E-state index contributed by atoms with van der Waals surface area (Å²) in [5, 5.41) is 0. The summed E-state index contributed by atoms with van der Waals surface area (Å²) in [5.41, 5.74) is 1.95. The van der Waals surface area contributed by atoms with Gasteiger partial charge in [0, 0.05) is 12.7 Å². The fourth-order valence-corrected chi connectivity index (χ4v) is 2.25. The van der Waals surface area contributed by atoms with Crippen LogP contribution in [0.3, 0.4) is 0 Å². The van der Waals surface area contributed by atoms with Crippen LogP contribution in [-0.2, 0) is 25.6 Å². The highest BCUT2D eigenvalue weighted by Gasteiger charge is 2.24. The SMILES string of the molecule is COCOC1=C(C)C(OCc2ccccc2)=CCC1C=O. The second-order valence-corrected chi connectivity index (χ2v) is 4.86. The summed E-state index contributed by atoms with van der Waals surface area (Å²) in [6.07, 6.45) is 3.43. The van der Waals surface area contributed by atoms with E-state index in [4.69, 9.17) is 14.2 Å². The Balaban J connectivity index is 2.07. The molecule has 1 aliphatic rings. The maximum absolute atomic E-state index is 11.1. The van der Waals surface area contributed by atoms with Gasteiger partial charge in [0.1, 0.15) is 24.4 Å². The van der Waals surface area contributed by atoms with E-state index in [1.54, 1.807) is 7.11 Å². The molecular weight excluding hydrogens is 268 g/mol. The van der Waals surface area contributed by atoms with E-state index in [1.165, 1.54) is 0 Å². The largest absolute Gasteiger partial charge is 0.489 e. The van der Waals surface area contributed by atoms with Gasteiger partial charge in [0.2, 0.25) is 0 Å². The van der Waals surface area contributed by atoms with E-state index in [0.717, 1.165) is 23.2 Å². The fourth-order valence-electron chi connectivity index (χ4n) is 2.25. The smallest absolute Gasteiger partial charge is 0.188 e. The monoisotopic (exact) mass is 288 g/mol. The Bertz CT molecular complexity index is 531. The minimum absolute atomic E-state index is 0.128. The van der Waals surface area contributed by atoms with Gasteiger partial charge >= 0.3 is 0 Å². The van der Waals surface area contributed by atoms with Crippen LogP contribution in [0.4, 0.5) is 0 Å². The third-order valence-corrected chi connectivity index (χ3v) is 3.37. The Labute approximate surface area is 125 Å². The molecule has 0 heterocycles. The predicted molar refractivity (Wildman–Crippen MR) is 79.1 cm³/mol. The topological polar surface area (TPSA) is 44.8 Å². The van der Waals surface area contributed by atoms with E-state index in [-0.39, 0.29) is 12.7 Å². The van der Waals surface area contributed by atoms with Crippen molar-refractivity contribution >= 4 is 6.29 Å². The van der Waals surface area contributed by atoms with Crippen molar-refractivity contribution in [3.63, 3.8) is 0 Å². The zero-order chi connectivity index (χ0) is 15.1. The molecule has 21 heavy (non-hydrogen) atoms. The predicted octanol–water partition coefficient (Wildman–Crippen LogP) is 3.20. The Morgan fingerprint density at radius 3 is 2.67 bits per heavy atom. The van der Waals surface area contributed by atoms with Gasteiger partial charge in [-0.3, -0.25) is 0 Å². The molecular formula is C17H20O4. The Morgan fingerprint density at radius 1 is 1.24 bits per heavy atom. The highest BCUT2D eigenvalue weighted by Crippen LogP contribution is 2.30. The van der Waals surface area contributed by atoms with Crippen molar-refractivity contribution in [3.05, 3.63) is 59.1 Å². The quantitative estimate of drug-likeness (QED) is 0.571. The molecule has 0 N–H and O–H groups in total. The summed E-state index contributed by atoms with van der Waals surface area (Å²) < 4.78 is 16.3. The molecule has 0 saturated carbocycles. The van der Waals surface area contributed by atoms with E-state index in [1.807, 2.05) is 43.3 Å². The van der Waals surface area contributed by atoms with Crippen molar-refractivity contribution in [2.75, 3.05) is 13.9 Å². The number of allylic oxidation sites excluding steroid dienone is 3. The Kier molecular flexibility index (Phi) is 5.58. The van der Waals surface area contributed by atoms with Gasteiger partial charge in [0.25, 0.3) is 0 Å². The molecule has 112 valence electrons. The second kappa shape index (κ2) is 7.64. The van der Waals surface area contributed by atoms with Crippen LogP contribution in [0.15, 0.2) is 53.5 Å². The van der Waals surface area contributed by atoms with E-state index < -0.39 is 0 Å². The maximum Gasteiger partial charge on any atom is 0.188 e. The third-order valence-electron chi connectivity index (χ3n) is 3.37. The summed E-state index contributed by atoms with van der Waals surface area (Å²) in [7, 11) is 1.55. The van der Waals surface area contributed by atoms with Gasteiger partial charge in [-0.05, 0) is 25.0 Å². The molecule has 0 fully saturated rings. The van der Waals surface area contributed by atoms with Crippen molar-refractivity contribution in [1.82, 2.24) is 0 Å². The first-order valence-corrected chi connectivity index (χ1v) is 6.91. The maximum atomic E-state index is 11.1. The fraction of sp³-hybridized carbons (Fsp3) is 0.353. The molecule has 1 aliphatic carbocycles. The highest BCUT2D eigenvalue weighted by molar-refractivity contribution is 5.61. The van der Waals surface area contributed by atoms with Crippen LogP contribution in [0.2, 0.25) is 0 Å². The van der Waals surface area contributed by atoms with Crippen LogP contribution in [-0.4, -0.2) is 20.2 Å². The molecule has 0 aliphatic heterocycles. The molecule has 1 unspecified atom stereocenters. The van der Waals surface area contributed by atoms with Crippen molar-refractivity contribution in [1.29, 1.82) is 0 Å². The van der Waals surface area contributed by atoms with E-state index in [0.29, 0.717) is 18.8 Å². The average Bonchev–Trinajstić information content (AvgIpc) is 2.53. The number of rotatable bonds is 7. The zero-order valence-electron chi connectivity index (χ0n) is 12.4. The number of aldehydes is 1. The molecule has 1 aromatic rings. The normalized spacial score (nSPS) is 18.2. The Hall–Kier alpha value is -2.07. The van der Waals surface area contributed by atoms with Gasteiger partial charge in [0.15, 0.2) is 6.79 Å². The first kappa shape index (κ1) is 15.3. The minimum Gasteiger partial charge on any atom is -0.489 e. The third kappa shape index (κ3) is 3.95. The molecule has 0 radical (unpaired) electrons. The van der Waals surface area contributed by atoms with E-state index >= 15 is 0 Å². The standard InChI is InChI=1S/C17H20O4/c1-13-16(20-11-14-6-4-3-5-7-14)9-8-15(10-18)17(13)21-12-19-2/h3-7,9-10,15H,8,11-12H2,1-2H3. The van der Waals surface area contributed by atoms with Crippen LogP contribution in [0.5, 0.6) is 0 Å². The summed E-state index contributed by atoms with van der Waals surface area (Å²) in [6.45, 7) is 2.52. The number of methoxy groups -OCH3 is 1. The minimum atomic E-state index is -0.260. The summed E-state index contributed by atoms with van der Waals surface area (Å²) in [5.74, 6) is 1.14. The molecule has 0 saturated heterocycles. The number of benzene rings is 1. The van der Waals surface area contributed by atoms with Crippen molar-refractivity contribution in [2.24, 2.45) is 5.92 Å². The van der Waals surface area contributed by atoms with Crippen LogP contribution in [0.25, 0.3) is 0 Å². The van der Waals surface area contributed by atoms with Gasteiger partial charge in [-0.1, -0.05) is 30.3 Å². The number of carbonyl (C=O) groups excluding carboxylic acids is 1. The molecule has 2 rings (SSSR count). The summed E-state index contributed by atoms with van der Waals surface area (Å²) in [4.78, 5) is 11.1. The van der Waals surface area contributed by atoms with Crippen LogP contribution < -0.4 is 0 Å². The molecule has 0 amide bonds. The van der Waals surface area contributed by atoms with Gasteiger partial charge in [0.05, 0.1) is 5.92 Å². The summed E-state index contributed by atoms with van der Waals surface area (Å²) in [6, 6.07) is 9.95. The number of carbonyl (C=O) groups is 1. The lowest BCUT2D eigenvalue weighted by Crippen LogP contribution is -2.17. The van der Waals surface area contributed by atoms with Gasteiger partial charge < -0.3 is 19.0 Å². The first-order valence-electron chi connectivity index (χ1n) is 6.91. The molecule has 0 spiro atoms. The van der Waals surface area contributed by atoms with Crippen molar-refractivity contribution in [2.45, 2.75) is 20.0 Å². The zero-order valence-corrected chi connectivity index (χ0v) is 12.4. The number of ether oxygens (including phenoxy) is 3. The van der Waals surface area contributed by atoms with Crippen molar-refractivity contribution in [3.8, 4) is 0 Å². The second-order valence-electron chi connectivity index (χ2n) is 4.86. The van der Waals surface area contributed by atoms with Gasteiger partial charge in [-0.25, -0.2) is 0 Å². The van der Waals surface area contributed by atoms with E-state index in [9.17, 15) is 4.79 Å². The first-order chi connectivity index (χ1) is 10.3. The van der Waals surface area contributed by atoms with E-state index in [2.05, 4.69) is 0 Å². The number of hydrogen-bond acceptors (Lipinski definition) is 4. The lowest BCUT2D eigenvalue weighted by Gasteiger charge is -2.24. The lowest BCUT2D eigenvalue weighted by molar-refractivity contribution is -0.112. The molecule has 4 nitrogen and oxygen atoms in total. The molecule has 4 heteroatoms.